The van der Waals surface area contributed by atoms with Crippen LogP contribution >= 0.6 is 0 Å². The lowest BCUT2D eigenvalue weighted by atomic mass is 10.1. The molecule has 128 valence electrons. The van der Waals surface area contributed by atoms with Gasteiger partial charge in [-0.05, 0) is 44.2 Å². The Balaban J connectivity index is 1.53. The molecule has 1 aliphatic carbocycles. The van der Waals surface area contributed by atoms with Crippen LogP contribution in [0.5, 0.6) is 0 Å². The maximum atomic E-state index is 13.2. The number of amides is 1. The summed E-state index contributed by atoms with van der Waals surface area (Å²) in [6.07, 6.45) is 5.03. The van der Waals surface area contributed by atoms with Crippen molar-refractivity contribution < 1.29 is 4.79 Å². The number of H-pyrrole nitrogens is 1. The largest absolute Gasteiger partial charge is 0.329 e. The number of carbonyl (C=O) groups excluding carboxylic acids is 1. The second-order valence-corrected chi connectivity index (χ2v) is 7.06. The van der Waals surface area contributed by atoms with E-state index in [0.717, 1.165) is 66.8 Å². The number of rotatable bonds is 2. The van der Waals surface area contributed by atoms with Gasteiger partial charge in [-0.15, -0.1) is 0 Å². The van der Waals surface area contributed by atoms with E-state index in [0.29, 0.717) is 5.69 Å². The molecule has 1 amide bonds. The fraction of sp³-hybridized carbons (Fsp3) is 0.421. The minimum absolute atomic E-state index is 0.0265. The van der Waals surface area contributed by atoms with Crippen LogP contribution in [0.3, 0.4) is 0 Å². The number of likely N-dealkylation sites (tertiary alicyclic amines) is 1. The van der Waals surface area contributed by atoms with Crippen molar-refractivity contribution in [2.24, 2.45) is 7.05 Å². The van der Waals surface area contributed by atoms with Crippen molar-refractivity contribution in [3.63, 3.8) is 0 Å². The topological polar surface area (TPSA) is 66.8 Å². The molecule has 2 aromatic heterocycles. The average Bonchev–Trinajstić information content (AvgIpc) is 3.38. The van der Waals surface area contributed by atoms with E-state index in [1.54, 1.807) is 0 Å². The summed E-state index contributed by atoms with van der Waals surface area (Å²) < 4.78 is 2.13. The van der Waals surface area contributed by atoms with E-state index in [4.69, 9.17) is 4.98 Å². The lowest BCUT2D eigenvalue weighted by molar-refractivity contribution is 0.0721. The molecule has 1 aliphatic heterocycles. The lowest BCUT2D eigenvalue weighted by Crippen LogP contribution is -2.32. The quantitative estimate of drug-likeness (QED) is 0.783. The highest BCUT2D eigenvalue weighted by Crippen LogP contribution is 2.35. The van der Waals surface area contributed by atoms with Gasteiger partial charge in [-0.1, -0.05) is 12.1 Å². The molecule has 1 N–H and O–H groups in total. The molecule has 1 fully saturated rings. The molecule has 6 heteroatoms. The zero-order chi connectivity index (χ0) is 17.0. The van der Waals surface area contributed by atoms with Gasteiger partial charge in [0.05, 0.1) is 17.1 Å². The van der Waals surface area contributed by atoms with Crippen LogP contribution in [0.15, 0.2) is 24.3 Å². The van der Waals surface area contributed by atoms with E-state index in [1.165, 1.54) is 0 Å². The van der Waals surface area contributed by atoms with E-state index in [-0.39, 0.29) is 11.9 Å². The van der Waals surface area contributed by atoms with Crippen molar-refractivity contribution in [1.82, 2.24) is 24.6 Å². The van der Waals surface area contributed by atoms with E-state index < -0.39 is 0 Å². The second-order valence-electron chi connectivity index (χ2n) is 7.06. The number of aryl methyl sites for hydroxylation is 2. The van der Waals surface area contributed by atoms with Gasteiger partial charge < -0.3 is 9.47 Å². The first kappa shape index (κ1) is 14.7. The third-order valence-corrected chi connectivity index (χ3v) is 5.64. The van der Waals surface area contributed by atoms with Gasteiger partial charge in [-0.25, -0.2) is 4.98 Å². The molecule has 0 spiro atoms. The SMILES string of the molecule is Cn1c([C@@H]2CCCN2C(=O)c2n[nH]c3c2CCC3)nc2ccccc21. The summed E-state index contributed by atoms with van der Waals surface area (Å²) in [5, 5.41) is 7.39. The molecule has 3 aromatic rings. The molecule has 1 saturated heterocycles. The van der Waals surface area contributed by atoms with Crippen molar-refractivity contribution in [1.29, 1.82) is 0 Å². The predicted molar refractivity (Wildman–Crippen MR) is 94.3 cm³/mol. The summed E-state index contributed by atoms with van der Waals surface area (Å²) >= 11 is 0. The van der Waals surface area contributed by atoms with Crippen LogP contribution in [0.4, 0.5) is 0 Å². The third kappa shape index (κ3) is 2.13. The van der Waals surface area contributed by atoms with Crippen LogP contribution < -0.4 is 0 Å². The molecule has 0 saturated carbocycles. The number of benzene rings is 1. The van der Waals surface area contributed by atoms with E-state index in [2.05, 4.69) is 20.8 Å². The van der Waals surface area contributed by atoms with Crippen LogP contribution in [0.1, 0.15) is 52.9 Å². The Hall–Kier alpha value is -2.63. The molecule has 1 aromatic carbocycles. The standard InChI is InChI=1S/C19H21N5O/c1-23-15-9-3-2-7-14(15)20-18(23)16-10-5-11-24(16)19(25)17-12-6-4-8-13(12)21-22-17/h2-3,7,9,16H,4-6,8,10-11H2,1H3,(H,21,22)/t16-/m0/s1. The molecular formula is C19H21N5O. The van der Waals surface area contributed by atoms with E-state index >= 15 is 0 Å². The summed E-state index contributed by atoms with van der Waals surface area (Å²) in [4.78, 5) is 20.0. The fourth-order valence-corrected chi connectivity index (χ4v) is 4.37. The highest BCUT2D eigenvalue weighted by molar-refractivity contribution is 5.94. The molecule has 2 aliphatic rings. The summed E-state index contributed by atoms with van der Waals surface area (Å²) in [7, 11) is 2.04. The number of aromatic nitrogens is 4. The molecule has 5 rings (SSSR count). The zero-order valence-electron chi connectivity index (χ0n) is 14.3. The average molecular weight is 335 g/mol. The first-order valence-electron chi connectivity index (χ1n) is 9.02. The Morgan fingerprint density at radius 2 is 2.12 bits per heavy atom. The number of aromatic amines is 1. The number of fused-ring (bicyclic) bond motifs is 2. The second kappa shape index (κ2) is 5.44. The number of imidazole rings is 1. The maximum Gasteiger partial charge on any atom is 0.275 e. The number of hydrogen-bond donors (Lipinski definition) is 1. The van der Waals surface area contributed by atoms with Gasteiger partial charge in [0.2, 0.25) is 0 Å². The Morgan fingerprint density at radius 1 is 1.24 bits per heavy atom. The van der Waals surface area contributed by atoms with E-state index in [1.807, 2.05) is 30.1 Å². The summed E-state index contributed by atoms with van der Waals surface area (Å²) in [6, 6.07) is 8.16. The lowest BCUT2D eigenvalue weighted by Gasteiger charge is -2.24. The minimum Gasteiger partial charge on any atom is -0.329 e. The van der Waals surface area contributed by atoms with Crippen molar-refractivity contribution in [3.8, 4) is 0 Å². The Labute approximate surface area is 145 Å². The first-order valence-corrected chi connectivity index (χ1v) is 9.02. The van der Waals surface area contributed by atoms with Gasteiger partial charge in [0, 0.05) is 24.8 Å². The third-order valence-electron chi connectivity index (χ3n) is 5.64. The van der Waals surface area contributed by atoms with Gasteiger partial charge in [0.15, 0.2) is 5.69 Å². The number of nitrogens with one attached hydrogen (secondary N) is 1. The fourth-order valence-electron chi connectivity index (χ4n) is 4.37. The van der Waals surface area contributed by atoms with Crippen LogP contribution in [0.2, 0.25) is 0 Å². The molecule has 25 heavy (non-hydrogen) atoms. The summed E-state index contributed by atoms with van der Waals surface area (Å²) in [6.45, 7) is 0.772. The predicted octanol–water partition coefficient (Wildman–Crippen LogP) is 2.76. The van der Waals surface area contributed by atoms with Crippen molar-refractivity contribution >= 4 is 16.9 Å². The van der Waals surface area contributed by atoms with Crippen molar-refractivity contribution in [3.05, 3.63) is 47.0 Å². The minimum atomic E-state index is 0.0265. The molecule has 0 radical (unpaired) electrons. The molecule has 0 bridgehead atoms. The molecule has 3 heterocycles. The highest BCUT2D eigenvalue weighted by atomic mass is 16.2. The van der Waals surface area contributed by atoms with Crippen molar-refractivity contribution in [2.75, 3.05) is 6.54 Å². The number of para-hydroxylation sites is 2. The van der Waals surface area contributed by atoms with Crippen LogP contribution in [-0.2, 0) is 19.9 Å². The number of hydrogen-bond acceptors (Lipinski definition) is 3. The van der Waals surface area contributed by atoms with Gasteiger partial charge >= 0.3 is 0 Å². The Morgan fingerprint density at radius 3 is 3.00 bits per heavy atom. The first-order chi connectivity index (χ1) is 12.2. The van der Waals surface area contributed by atoms with Crippen LogP contribution in [0.25, 0.3) is 11.0 Å². The van der Waals surface area contributed by atoms with Gasteiger partial charge in [0.25, 0.3) is 5.91 Å². The monoisotopic (exact) mass is 335 g/mol. The van der Waals surface area contributed by atoms with Gasteiger partial charge in [-0.2, -0.15) is 5.10 Å². The molecular weight excluding hydrogens is 314 g/mol. The van der Waals surface area contributed by atoms with Gasteiger partial charge in [-0.3, -0.25) is 9.89 Å². The zero-order valence-corrected chi connectivity index (χ0v) is 14.3. The molecule has 0 unspecified atom stereocenters. The number of carbonyl (C=O) groups is 1. The summed E-state index contributed by atoms with van der Waals surface area (Å²) in [5.41, 5.74) is 4.98. The van der Waals surface area contributed by atoms with Crippen molar-refractivity contribution in [2.45, 2.75) is 38.1 Å². The van der Waals surface area contributed by atoms with Crippen LogP contribution in [0, 0.1) is 0 Å². The number of nitrogens with zero attached hydrogens (tertiary/aromatic N) is 4. The Kier molecular flexibility index (Phi) is 3.20. The molecule has 6 nitrogen and oxygen atoms in total. The maximum absolute atomic E-state index is 13.2. The van der Waals surface area contributed by atoms with E-state index in [9.17, 15) is 4.79 Å². The van der Waals surface area contributed by atoms with Gasteiger partial charge in [0.1, 0.15) is 5.82 Å². The normalized spacial score (nSPS) is 19.7. The summed E-state index contributed by atoms with van der Waals surface area (Å²) in [5.74, 6) is 1.02. The van der Waals surface area contributed by atoms with Crippen LogP contribution in [-0.4, -0.2) is 37.1 Å². The smallest absolute Gasteiger partial charge is 0.275 e. The Bertz CT molecular complexity index is 970. The highest BCUT2D eigenvalue weighted by Gasteiger charge is 2.36. The molecule has 1 atom stereocenters.